The monoisotopic (exact) mass is 606 g/mol. The summed E-state index contributed by atoms with van der Waals surface area (Å²) in [6.45, 7) is 7.26. The molecule has 0 saturated carbocycles. The molecule has 5 heteroatoms. The van der Waals surface area contributed by atoms with Gasteiger partial charge in [0.2, 0.25) is 0 Å². The van der Waals surface area contributed by atoms with E-state index in [4.69, 9.17) is 10.2 Å². The van der Waals surface area contributed by atoms with Gasteiger partial charge in [-0.15, -0.1) is 29.8 Å². The van der Waals surface area contributed by atoms with Crippen molar-refractivity contribution in [1.29, 1.82) is 0 Å². The minimum Gasteiger partial charge on any atom is -0.393 e. The summed E-state index contributed by atoms with van der Waals surface area (Å²) in [7, 11) is 0. The number of aliphatic hydroxyl groups excluding tert-OH is 2. The third kappa shape index (κ3) is 7.04. The van der Waals surface area contributed by atoms with Crippen molar-refractivity contribution >= 4 is 10.8 Å². The maximum absolute atomic E-state index is 8.56. The minimum absolute atomic E-state index is 0. The van der Waals surface area contributed by atoms with Crippen molar-refractivity contribution in [3.05, 3.63) is 84.3 Å². The number of benzene rings is 3. The number of hydrogen-bond donors (Lipinski definition) is 2. The molecule has 0 aliphatic heterocycles. The first-order valence-electron chi connectivity index (χ1n) is 10.5. The van der Waals surface area contributed by atoms with Crippen LogP contribution in [0.5, 0.6) is 0 Å². The molecule has 4 aromatic rings. The van der Waals surface area contributed by atoms with Crippen molar-refractivity contribution in [2.45, 2.75) is 46.3 Å². The van der Waals surface area contributed by atoms with Crippen LogP contribution in [0.15, 0.2) is 66.9 Å². The summed E-state index contributed by atoms with van der Waals surface area (Å²) in [4.78, 5) is 8.98. The molecule has 0 amide bonds. The van der Waals surface area contributed by atoms with Crippen LogP contribution in [0.1, 0.15) is 31.7 Å². The van der Waals surface area contributed by atoms with Crippen LogP contribution < -0.4 is 0 Å². The van der Waals surface area contributed by atoms with Gasteiger partial charge in [0.25, 0.3) is 0 Å². The second-order valence-electron chi connectivity index (χ2n) is 7.93. The van der Waals surface area contributed by atoms with E-state index in [-0.39, 0.29) is 32.3 Å². The van der Waals surface area contributed by atoms with Crippen molar-refractivity contribution in [1.82, 2.24) is 9.97 Å². The number of hydrogen-bond acceptors (Lipinski definition) is 4. The van der Waals surface area contributed by atoms with Crippen LogP contribution in [0.3, 0.4) is 0 Å². The van der Waals surface area contributed by atoms with Crippen LogP contribution in [-0.2, 0) is 20.1 Å². The van der Waals surface area contributed by atoms with Gasteiger partial charge in [0.1, 0.15) is 0 Å². The third-order valence-electron chi connectivity index (χ3n) is 4.90. The Hall–Kier alpha value is -2.43. The molecule has 2 atom stereocenters. The molecular formula is C27H29IrN2O2-. The number of fused-ring (bicyclic) bond motifs is 1. The van der Waals surface area contributed by atoms with E-state index in [0.29, 0.717) is 6.42 Å². The number of aliphatic hydroxyl groups is 2. The molecule has 0 aliphatic rings. The predicted molar refractivity (Wildman–Crippen MR) is 127 cm³/mol. The predicted octanol–water partition coefficient (Wildman–Crippen LogP) is 5.52. The van der Waals surface area contributed by atoms with E-state index < -0.39 is 0 Å². The van der Waals surface area contributed by atoms with E-state index in [1.807, 2.05) is 19.9 Å². The SMILES string of the molecule is CC(O)CC(C)O.Cc1cnc(-c2[c-]cc(-c3ccc4ccccc4c3)cc2)c(C)n1.[Ir]. The molecule has 0 saturated heterocycles. The van der Waals surface area contributed by atoms with Crippen molar-refractivity contribution in [3.63, 3.8) is 0 Å². The molecule has 2 unspecified atom stereocenters. The molecule has 1 heterocycles. The largest absolute Gasteiger partial charge is 0.393 e. The van der Waals surface area contributed by atoms with Gasteiger partial charge < -0.3 is 15.2 Å². The van der Waals surface area contributed by atoms with E-state index in [1.165, 1.54) is 16.3 Å². The molecule has 4 nitrogen and oxygen atoms in total. The van der Waals surface area contributed by atoms with Gasteiger partial charge in [0.15, 0.2) is 0 Å². The molecule has 0 bridgehead atoms. The Morgan fingerprint density at radius 1 is 0.875 bits per heavy atom. The summed E-state index contributed by atoms with van der Waals surface area (Å²) >= 11 is 0. The molecule has 4 rings (SSSR count). The fourth-order valence-electron chi connectivity index (χ4n) is 3.48. The molecule has 0 fully saturated rings. The third-order valence-corrected chi connectivity index (χ3v) is 4.90. The summed E-state index contributed by atoms with van der Waals surface area (Å²) in [6, 6.07) is 24.5. The normalized spacial score (nSPS) is 12.3. The molecule has 1 radical (unpaired) electrons. The van der Waals surface area contributed by atoms with Crippen molar-refractivity contribution in [2.75, 3.05) is 0 Å². The van der Waals surface area contributed by atoms with Gasteiger partial charge in [-0.1, -0.05) is 53.6 Å². The molecular weight excluding hydrogens is 577 g/mol. The summed E-state index contributed by atoms with van der Waals surface area (Å²) in [5, 5.41) is 19.6. The first kappa shape index (κ1) is 25.8. The maximum atomic E-state index is 8.56. The fraction of sp³-hybridized carbons (Fsp3) is 0.259. The second kappa shape index (κ2) is 12.0. The average Bonchev–Trinajstić information content (AvgIpc) is 2.73. The number of aryl methyl sites for hydroxylation is 2. The topological polar surface area (TPSA) is 66.2 Å². The number of rotatable bonds is 4. The van der Waals surface area contributed by atoms with Gasteiger partial charge in [0.05, 0.1) is 17.9 Å². The van der Waals surface area contributed by atoms with Crippen molar-refractivity contribution < 1.29 is 30.3 Å². The Bertz CT molecular complexity index is 1140. The van der Waals surface area contributed by atoms with Crippen LogP contribution in [0.4, 0.5) is 0 Å². The Labute approximate surface area is 203 Å². The Morgan fingerprint density at radius 3 is 2.09 bits per heavy atom. The standard InChI is InChI=1S/C22H17N2.C5H12O2.Ir/c1-15-14-23-22(16(2)24-15)19-10-7-18(8-11-19)21-12-9-17-5-3-4-6-20(17)13-21;1-4(6)3-5(2)7;/h3-10,12-14H,1-2H3;4-7H,3H2,1-2H3;/q-1;;. The molecule has 169 valence electrons. The summed E-state index contributed by atoms with van der Waals surface area (Å²) < 4.78 is 0. The van der Waals surface area contributed by atoms with Gasteiger partial charge in [0, 0.05) is 37.7 Å². The summed E-state index contributed by atoms with van der Waals surface area (Å²) in [5.74, 6) is 0. The Morgan fingerprint density at radius 2 is 1.53 bits per heavy atom. The van der Waals surface area contributed by atoms with Gasteiger partial charge in [-0.25, -0.2) is 0 Å². The zero-order valence-corrected chi connectivity index (χ0v) is 21.2. The molecule has 0 spiro atoms. The van der Waals surface area contributed by atoms with Crippen LogP contribution in [0.25, 0.3) is 33.2 Å². The zero-order valence-electron chi connectivity index (χ0n) is 18.8. The first-order valence-corrected chi connectivity index (χ1v) is 10.5. The summed E-state index contributed by atoms with van der Waals surface area (Å²) in [6.07, 6.45) is 1.52. The smallest absolute Gasteiger partial charge is 0.0539 e. The number of aromatic nitrogens is 2. The molecule has 0 aliphatic carbocycles. The van der Waals surface area contributed by atoms with Gasteiger partial charge >= 0.3 is 0 Å². The Kier molecular flexibility index (Phi) is 9.67. The van der Waals surface area contributed by atoms with Gasteiger partial charge in [-0.2, -0.15) is 0 Å². The van der Waals surface area contributed by atoms with Crippen LogP contribution in [0.2, 0.25) is 0 Å². The zero-order chi connectivity index (χ0) is 22.4. The van der Waals surface area contributed by atoms with E-state index in [1.54, 1.807) is 20.0 Å². The van der Waals surface area contributed by atoms with Crippen molar-refractivity contribution in [2.24, 2.45) is 0 Å². The molecule has 32 heavy (non-hydrogen) atoms. The average molecular weight is 606 g/mol. The molecule has 3 aromatic carbocycles. The van der Waals surface area contributed by atoms with E-state index in [0.717, 1.165) is 28.2 Å². The van der Waals surface area contributed by atoms with Crippen LogP contribution in [0, 0.1) is 19.9 Å². The van der Waals surface area contributed by atoms with Crippen molar-refractivity contribution in [3.8, 4) is 22.4 Å². The number of nitrogens with zero attached hydrogens (tertiary/aromatic N) is 2. The fourth-order valence-corrected chi connectivity index (χ4v) is 3.48. The first-order chi connectivity index (χ1) is 14.8. The molecule has 1 aromatic heterocycles. The second-order valence-corrected chi connectivity index (χ2v) is 7.93. The van der Waals surface area contributed by atoms with E-state index in [9.17, 15) is 0 Å². The minimum atomic E-state index is -0.375. The summed E-state index contributed by atoms with van der Waals surface area (Å²) in [5.41, 5.74) is 6.09. The van der Waals surface area contributed by atoms with E-state index >= 15 is 0 Å². The maximum Gasteiger partial charge on any atom is 0.0539 e. The quantitative estimate of drug-likeness (QED) is 0.301. The molecule has 2 N–H and O–H groups in total. The van der Waals surface area contributed by atoms with Crippen LogP contribution >= 0.6 is 0 Å². The van der Waals surface area contributed by atoms with Gasteiger partial charge in [-0.05, 0) is 44.9 Å². The van der Waals surface area contributed by atoms with E-state index in [2.05, 4.69) is 70.6 Å². The van der Waals surface area contributed by atoms with Crippen LogP contribution in [-0.4, -0.2) is 32.4 Å². The Balaban J connectivity index is 0.000000398. The van der Waals surface area contributed by atoms with Gasteiger partial charge in [-0.3, -0.25) is 4.98 Å².